The Morgan fingerprint density at radius 3 is 2.38 bits per heavy atom. The lowest BCUT2D eigenvalue weighted by Crippen LogP contribution is -2.57. The van der Waals surface area contributed by atoms with Crippen LogP contribution in [0.25, 0.3) is 0 Å². The van der Waals surface area contributed by atoms with Gasteiger partial charge in [-0.1, -0.05) is 54.6 Å². The van der Waals surface area contributed by atoms with Gasteiger partial charge < -0.3 is 5.32 Å². The highest BCUT2D eigenvalue weighted by atomic mass is 16.2. The fraction of sp³-hybridized carbons (Fsp3) is 0.387. The second-order valence-corrected chi connectivity index (χ2v) is 10.6. The van der Waals surface area contributed by atoms with Gasteiger partial charge in [0.05, 0.1) is 0 Å². The number of aryl methyl sites for hydroxylation is 2. The van der Waals surface area contributed by atoms with Gasteiger partial charge in [-0.15, -0.1) is 0 Å². The van der Waals surface area contributed by atoms with E-state index in [1.54, 1.807) is 6.20 Å². The summed E-state index contributed by atoms with van der Waals surface area (Å²) in [5.74, 6) is -0.00935. The van der Waals surface area contributed by atoms with E-state index < -0.39 is 5.54 Å². The third-order valence-electron chi connectivity index (χ3n) is 8.11. The number of hydrogen-bond acceptors (Lipinski definition) is 4. The molecule has 0 aliphatic carbocycles. The van der Waals surface area contributed by atoms with Crippen molar-refractivity contribution in [3.05, 3.63) is 101 Å². The summed E-state index contributed by atoms with van der Waals surface area (Å²) in [6.45, 7) is 7.37. The molecule has 2 aliphatic rings. The van der Waals surface area contributed by atoms with Crippen molar-refractivity contribution in [1.29, 1.82) is 0 Å². The zero-order valence-electron chi connectivity index (χ0n) is 21.8. The maximum absolute atomic E-state index is 14.0. The number of urea groups is 1. The Balaban J connectivity index is 1.32. The highest BCUT2D eigenvalue weighted by Gasteiger charge is 2.55. The lowest BCUT2D eigenvalue weighted by Gasteiger charge is -2.41. The molecule has 0 bridgehead atoms. The molecule has 37 heavy (non-hydrogen) atoms. The van der Waals surface area contributed by atoms with Gasteiger partial charge in [0.15, 0.2) is 0 Å². The first kappa shape index (κ1) is 25.2. The minimum atomic E-state index is -0.908. The van der Waals surface area contributed by atoms with Crippen molar-refractivity contribution in [2.24, 2.45) is 5.92 Å². The van der Waals surface area contributed by atoms with E-state index in [9.17, 15) is 9.59 Å². The van der Waals surface area contributed by atoms with Crippen LogP contribution in [0.15, 0.2) is 72.9 Å². The van der Waals surface area contributed by atoms with Crippen molar-refractivity contribution in [3.63, 3.8) is 0 Å². The standard InChI is InChI=1S/C31H36N4O2/c1-23-11-12-26(20-24(23)2)22-34-17-13-27(14-18-34)31(21-25-8-4-3-5-9-25)29(36)35(30(37)33-31)19-15-28-10-6-7-16-32-28/h3-12,16,20,27H,13-15,17-19,21-22H2,1-2H3,(H,33,37)/t31-/m0/s1. The van der Waals surface area contributed by atoms with Crippen molar-refractivity contribution in [2.45, 2.75) is 51.6 Å². The normalized spacial score (nSPS) is 20.9. The second kappa shape index (κ2) is 10.9. The summed E-state index contributed by atoms with van der Waals surface area (Å²) in [6.07, 6.45) is 4.55. The highest BCUT2D eigenvalue weighted by molar-refractivity contribution is 6.07. The molecule has 1 aromatic heterocycles. The quantitative estimate of drug-likeness (QED) is 0.460. The molecule has 5 rings (SSSR count). The first-order chi connectivity index (χ1) is 17.9. The Labute approximate surface area is 219 Å². The zero-order chi connectivity index (χ0) is 25.8. The predicted molar refractivity (Wildman–Crippen MR) is 145 cm³/mol. The van der Waals surface area contributed by atoms with Crippen LogP contribution < -0.4 is 5.32 Å². The van der Waals surface area contributed by atoms with Gasteiger partial charge in [-0.05, 0) is 80.1 Å². The molecule has 6 heteroatoms. The fourth-order valence-electron chi connectivity index (χ4n) is 5.82. The third-order valence-corrected chi connectivity index (χ3v) is 8.11. The topological polar surface area (TPSA) is 65.5 Å². The number of aromatic nitrogens is 1. The van der Waals surface area contributed by atoms with E-state index >= 15 is 0 Å². The summed E-state index contributed by atoms with van der Waals surface area (Å²) < 4.78 is 0. The molecule has 2 aliphatic heterocycles. The van der Waals surface area contributed by atoms with Crippen LogP contribution in [0.4, 0.5) is 4.79 Å². The molecule has 0 saturated carbocycles. The first-order valence-corrected chi connectivity index (χ1v) is 13.3. The highest BCUT2D eigenvalue weighted by Crippen LogP contribution is 2.37. The van der Waals surface area contributed by atoms with Gasteiger partial charge in [0, 0.05) is 37.8 Å². The van der Waals surface area contributed by atoms with Crippen LogP contribution in [0.5, 0.6) is 0 Å². The lowest BCUT2D eigenvalue weighted by atomic mass is 9.74. The summed E-state index contributed by atoms with van der Waals surface area (Å²) in [4.78, 5) is 35.4. The number of likely N-dealkylation sites (tertiary alicyclic amines) is 1. The molecule has 1 atom stereocenters. The fourth-order valence-corrected chi connectivity index (χ4v) is 5.82. The minimum absolute atomic E-state index is 0.0833. The number of imide groups is 1. The average molecular weight is 497 g/mol. The Hall–Kier alpha value is -3.51. The molecular weight excluding hydrogens is 460 g/mol. The molecule has 2 fully saturated rings. The SMILES string of the molecule is Cc1ccc(CN2CCC([C@]3(Cc4ccccc4)NC(=O)N(CCc4ccccn4)C3=O)CC2)cc1C. The maximum Gasteiger partial charge on any atom is 0.325 e. The summed E-state index contributed by atoms with van der Waals surface area (Å²) >= 11 is 0. The van der Waals surface area contributed by atoms with E-state index in [-0.39, 0.29) is 17.9 Å². The molecule has 2 saturated heterocycles. The smallest absolute Gasteiger partial charge is 0.322 e. The van der Waals surface area contributed by atoms with E-state index in [0.29, 0.717) is 19.4 Å². The van der Waals surface area contributed by atoms with Crippen LogP contribution in [-0.4, -0.2) is 51.9 Å². The Morgan fingerprint density at radius 2 is 1.68 bits per heavy atom. The van der Waals surface area contributed by atoms with Crippen LogP contribution in [0.1, 0.15) is 40.8 Å². The lowest BCUT2D eigenvalue weighted by molar-refractivity contribution is -0.134. The van der Waals surface area contributed by atoms with Crippen LogP contribution >= 0.6 is 0 Å². The Bertz CT molecular complexity index is 1240. The van der Waals surface area contributed by atoms with E-state index in [4.69, 9.17) is 0 Å². The number of pyridine rings is 1. The molecule has 6 nitrogen and oxygen atoms in total. The monoisotopic (exact) mass is 496 g/mol. The summed E-state index contributed by atoms with van der Waals surface area (Å²) in [7, 11) is 0. The number of piperidine rings is 1. The number of benzene rings is 2. The van der Waals surface area contributed by atoms with Gasteiger partial charge >= 0.3 is 6.03 Å². The number of carbonyl (C=O) groups is 2. The number of carbonyl (C=O) groups excluding carboxylic acids is 2. The minimum Gasteiger partial charge on any atom is -0.322 e. The maximum atomic E-state index is 14.0. The molecule has 0 spiro atoms. The molecule has 0 radical (unpaired) electrons. The molecule has 1 N–H and O–H groups in total. The van der Waals surface area contributed by atoms with Gasteiger partial charge in [0.25, 0.3) is 5.91 Å². The van der Waals surface area contributed by atoms with Crippen molar-refractivity contribution < 1.29 is 9.59 Å². The van der Waals surface area contributed by atoms with Gasteiger partial charge in [-0.3, -0.25) is 19.6 Å². The van der Waals surface area contributed by atoms with Crippen LogP contribution in [-0.2, 0) is 24.2 Å². The average Bonchev–Trinajstić information content (AvgIpc) is 3.15. The number of nitrogens with zero attached hydrogens (tertiary/aromatic N) is 3. The van der Waals surface area contributed by atoms with Gasteiger partial charge in [0.1, 0.15) is 5.54 Å². The van der Waals surface area contributed by atoms with Crippen LogP contribution in [0, 0.1) is 19.8 Å². The molecule has 192 valence electrons. The molecule has 0 unspecified atom stereocenters. The number of hydrogen-bond donors (Lipinski definition) is 1. The molecular formula is C31H36N4O2. The summed E-state index contributed by atoms with van der Waals surface area (Å²) in [5, 5.41) is 3.20. The Morgan fingerprint density at radius 1 is 0.919 bits per heavy atom. The van der Waals surface area contributed by atoms with E-state index in [0.717, 1.165) is 43.7 Å². The van der Waals surface area contributed by atoms with Crippen molar-refractivity contribution in [1.82, 2.24) is 20.1 Å². The van der Waals surface area contributed by atoms with E-state index in [2.05, 4.69) is 47.2 Å². The van der Waals surface area contributed by atoms with Crippen LogP contribution in [0.3, 0.4) is 0 Å². The largest absolute Gasteiger partial charge is 0.325 e. The summed E-state index contributed by atoms with van der Waals surface area (Å²) in [6, 6.07) is 22.2. The number of rotatable bonds is 8. The van der Waals surface area contributed by atoms with Crippen molar-refractivity contribution in [3.8, 4) is 0 Å². The number of amides is 3. The second-order valence-electron chi connectivity index (χ2n) is 10.6. The van der Waals surface area contributed by atoms with Gasteiger partial charge in [0.2, 0.25) is 0 Å². The first-order valence-electron chi connectivity index (χ1n) is 13.3. The number of nitrogens with one attached hydrogen (secondary N) is 1. The Kier molecular flexibility index (Phi) is 7.38. The molecule has 2 aromatic carbocycles. The van der Waals surface area contributed by atoms with Gasteiger partial charge in [-0.25, -0.2) is 4.79 Å². The van der Waals surface area contributed by atoms with E-state index in [1.807, 2.05) is 48.5 Å². The van der Waals surface area contributed by atoms with Gasteiger partial charge in [-0.2, -0.15) is 0 Å². The molecule has 3 heterocycles. The predicted octanol–water partition coefficient (Wildman–Crippen LogP) is 4.69. The van der Waals surface area contributed by atoms with Crippen LogP contribution in [0.2, 0.25) is 0 Å². The zero-order valence-corrected chi connectivity index (χ0v) is 21.8. The van der Waals surface area contributed by atoms with E-state index in [1.165, 1.54) is 21.6 Å². The third kappa shape index (κ3) is 5.44. The van der Waals surface area contributed by atoms with Crippen molar-refractivity contribution in [2.75, 3.05) is 19.6 Å². The molecule has 3 amide bonds. The molecule has 3 aromatic rings. The van der Waals surface area contributed by atoms with Crippen molar-refractivity contribution >= 4 is 11.9 Å². The summed E-state index contributed by atoms with van der Waals surface area (Å²) in [5.41, 5.74) is 5.00.